The van der Waals surface area contributed by atoms with Crippen molar-refractivity contribution in [2.75, 3.05) is 5.73 Å². The molecule has 0 aliphatic heterocycles. The molecule has 2 aromatic carbocycles. The van der Waals surface area contributed by atoms with E-state index in [-0.39, 0.29) is 50.5 Å². The number of rotatable bonds is 1. The van der Waals surface area contributed by atoms with E-state index >= 15 is 0 Å². The third kappa shape index (κ3) is 7.82. The van der Waals surface area contributed by atoms with Crippen LogP contribution in [0.4, 0.5) is 5.69 Å². The minimum absolute atomic E-state index is 0. The van der Waals surface area contributed by atoms with Crippen LogP contribution in [0, 0.1) is 0 Å². The number of pyridine rings is 2. The summed E-state index contributed by atoms with van der Waals surface area (Å²) in [7, 11) is -4.33. The second-order valence-corrected chi connectivity index (χ2v) is 6.62. The van der Waals surface area contributed by atoms with E-state index < -0.39 is 10.1 Å². The van der Waals surface area contributed by atoms with Gasteiger partial charge in [-0.1, -0.05) is 24.3 Å². The zero-order chi connectivity index (χ0) is 17.9. The van der Waals surface area contributed by atoms with E-state index in [0.717, 1.165) is 21.8 Å². The Morgan fingerprint density at radius 3 is 1.50 bits per heavy atom. The maximum atomic E-state index is 10.3. The van der Waals surface area contributed by atoms with Crippen molar-refractivity contribution in [3.63, 3.8) is 0 Å². The first-order chi connectivity index (χ1) is 11.9. The summed E-state index contributed by atoms with van der Waals surface area (Å²) in [5.41, 5.74) is 7.66. The first-order valence-corrected chi connectivity index (χ1v) is 8.76. The average Bonchev–Trinajstić information content (AvgIpc) is 2.62. The van der Waals surface area contributed by atoms with Crippen LogP contribution in [0.3, 0.4) is 0 Å². The summed E-state index contributed by atoms with van der Waals surface area (Å²) < 4.78 is 31.0. The first kappa shape index (κ1) is 32.3. The molecule has 4 aromatic rings. The van der Waals surface area contributed by atoms with Gasteiger partial charge >= 0.3 is 16.8 Å². The van der Waals surface area contributed by atoms with Gasteiger partial charge in [0.2, 0.25) is 0 Å². The molecule has 0 unspecified atom stereocenters. The van der Waals surface area contributed by atoms with Crippen molar-refractivity contribution in [3.05, 3.63) is 73.1 Å². The average molecular weight is 504 g/mol. The molecule has 0 saturated carbocycles. The fourth-order valence-corrected chi connectivity index (χ4v) is 2.78. The van der Waals surface area contributed by atoms with E-state index in [1.54, 1.807) is 12.4 Å². The van der Waals surface area contributed by atoms with E-state index in [4.69, 9.17) is 5.73 Å². The third-order valence-corrected chi connectivity index (χ3v) is 4.36. The summed E-state index contributed by atoms with van der Waals surface area (Å²) in [4.78, 5) is 8.44. The van der Waals surface area contributed by atoms with Crippen molar-refractivity contribution >= 4 is 37.6 Å². The van der Waals surface area contributed by atoms with Gasteiger partial charge in [-0.05, 0) is 36.4 Å². The molecule has 9 nitrogen and oxygen atoms in total. The number of hydrogen-bond acceptors (Lipinski definition) is 6. The summed E-state index contributed by atoms with van der Waals surface area (Å²) in [5, 5.41) is 2.28. The number of anilines is 1. The molecule has 0 saturated heterocycles. The number of aromatic nitrogens is 2. The molecule has 0 aliphatic carbocycles. The molecule has 2 aromatic heterocycles. The van der Waals surface area contributed by atoms with Crippen LogP contribution in [0.1, 0.15) is 0 Å². The van der Waals surface area contributed by atoms with Crippen LogP contribution in [0.2, 0.25) is 0 Å². The van der Waals surface area contributed by atoms with Crippen molar-refractivity contribution in [2.24, 2.45) is 0 Å². The zero-order valence-electron chi connectivity index (χ0n) is 15.5. The topological polar surface area (TPSA) is 208 Å². The number of hydrogen-bond donors (Lipinski definition) is 1. The van der Waals surface area contributed by atoms with Gasteiger partial charge < -0.3 is 39.1 Å². The largest absolute Gasteiger partial charge is 2.00 e. The molecule has 0 amide bonds. The molecule has 11 N–H and O–H groups in total. The number of nitrogens with two attached hydrogens (primary N) is 1. The molecule has 12 heteroatoms. The van der Waals surface area contributed by atoms with Gasteiger partial charge in [-0.25, -0.2) is 8.42 Å². The summed E-state index contributed by atoms with van der Waals surface area (Å²) in [6, 6.07) is 17.2. The Kier molecular flexibility index (Phi) is 14.9. The molecular formula is C18H23ClCoN3O6S+3. The van der Waals surface area contributed by atoms with Gasteiger partial charge in [-0.15, -0.1) is 0 Å². The molecule has 165 valence electrons. The Bertz CT molecular complexity index is 1090. The maximum Gasteiger partial charge on any atom is 2.00 e. The number of fused-ring (bicyclic) bond motifs is 3. The molecule has 0 aliphatic rings. The predicted molar refractivity (Wildman–Crippen MR) is 110 cm³/mol. The standard InChI is InChI=1S/C12H8N2.C6H7NO3S.ClH.Co.3H2O/c1-3-9-5-6-10-4-2-8-14-12(10)11(9)13-7-1;7-5-1-3-6(4-2-5)11(8,9)10;;;;;/h1-8H;1-4H,7H2,(H,8,9,10);1H;;3*1H2/q;;;+2;;;/p+1. The summed E-state index contributed by atoms with van der Waals surface area (Å²) >= 11 is 0. The monoisotopic (exact) mass is 503 g/mol. The number of nitrogen functional groups attached to an aromatic ring is 1. The van der Waals surface area contributed by atoms with Crippen molar-refractivity contribution < 1.29 is 58.6 Å². The summed E-state index contributed by atoms with van der Waals surface area (Å²) in [6.45, 7) is 0. The summed E-state index contributed by atoms with van der Waals surface area (Å²) in [5.74, 6) is 0. The molecule has 0 bridgehead atoms. The third-order valence-electron chi connectivity index (χ3n) is 3.51. The fraction of sp³-hybridized carbons (Fsp3) is 0. The van der Waals surface area contributed by atoms with Gasteiger partial charge in [0.05, 0.1) is 15.9 Å². The van der Waals surface area contributed by atoms with E-state index in [1.807, 2.05) is 12.1 Å². The van der Waals surface area contributed by atoms with E-state index in [1.165, 1.54) is 24.3 Å². The smallest absolute Gasteiger partial charge is 1.00 e. The van der Waals surface area contributed by atoms with Crippen molar-refractivity contribution in [1.29, 1.82) is 0 Å². The van der Waals surface area contributed by atoms with Gasteiger partial charge in [0, 0.05) is 28.9 Å². The SMILES string of the molecule is Nc1ccc(S(=O)(=O)[O-])cc1.[Cl-].[Co+2].[OH3+].[OH3+].[OH3+].c1cnc2c(c1)ccc1cccnc12. The predicted octanol–water partition coefficient (Wildman–Crippen LogP) is -2.81. The molecule has 0 fully saturated rings. The second-order valence-electron chi connectivity index (χ2n) is 5.24. The normalized spacial score (nSPS) is 9.23. The molecule has 30 heavy (non-hydrogen) atoms. The molecule has 0 spiro atoms. The fourth-order valence-electron chi connectivity index (χ4n) is 2.31. The van der Waals surface area contributed by atoms with Crippen molar-refractivity contribution in [2.45, 2.75) is 4.90 Å². The van der Waals surface area contributed by atoms with Crippen LogP contribution in [-0.2, 0) is 43.3 Å². The maximum absolute atomic E-state index is 10.3. The number of halogens is 1. The number of benzene rings is 2. The summed E-state index contributed by atoms with van der Waals surface area (Å²) in [6.07, 6.45) is 3.60. The van der Waals surface area contributed by atoms with Crippen molar-refractivity contribution in [3.8, 4) is 0 Å². The van der Waals surface area contributed by atoms with Crippen molar-refractivity contribution in [1.82, 2.24) is 9.97 Å². The van der Waals surface area contributed by atoms with Crippen LogP contribution in [-0.4, -0.2) is 22.9 Å². The second kappa shape index (κ2) is 13.8. The van der Waals surface area contributed by atoms with E-state index in [0.29, 0.717) is 5.69 Å². The Morgan fingerprint density at radius 2 is 1.13 bits per heavy atom. The van der Waals surface area contributed by atoms with E-state index in [2.05, 4.69) is 34.2 Å². The molecule has 2 heterocycles. The first-order valence-electron chi connectivity index (χ1n) is 7.35. The van der Waals surface area contributed by atoms with Gasteiger partial charge in [0.15, 0.2) is 0 Å². The van der Waals surface area contributed by atoms with Gasteiger partial charge in [0.25, 0.3) is 0 Å². The molecule has 0 atom stereocenters. The van der Waals surface area contributed by atoms with Gasteiger partial charge in [0.1, 0.15) is 10.1 Å². The Labute approximate surface area is 189 Å². The van der Waals surface area contributed by atoms with Crippen LogP contribution >= 0.6 is 0 Å². The Hall–Kier alpha value is -2.35. The van der Waals surface area contributed by atoms with Gasteiger partial charge in [-0.2, -0.15) is 0 Å². The van der Waals surface area contributed by atoms with Gasteiger partial charge in [-0.3, -0.25) is 9.97 Å². The van der Waals surface area contributed by atoms with Crippen LogP contribution in [0.5, 0.6) is 0 Å². The van der Waals surface area contributed by atoms with Crippen LogP contribution in [0.15, 0.2) is 78.0 Å². The van der Waals surface area contributed by atoms with Crippen LogP contribution < -0.4 is 18.1 Å². The quantitative estimate of drug-likeness (QED) is 0.125. The molecule has 1 radical (unpaired) electrons. The minimum Gasteiger partial charge on any atom is -1.00 e. The molecular weight excluding hydrogens is 481 g/mol. The zero-order valence-corrected chi connectivity index (χ0v) is 18.1. The number of nitrogens with zero attached hydrogens (tertiary/aromatic N) is 2. The Morgan fingerprint density at radius 1 is 0.733 bits per heavy atom. The minimum atomic E-state index is -4.33. The van der Waals surface area contributed by atoms with E-state index in [9.17, 15) is 13.0 Å². The Balaban J connectivity index is -0.000000426. The van der Waals surface area contributed by atoms with Crippen LogP contribution in [0.25, 0.3) is 21.8 Å². The molecule has 4 rings (SSSR count).